The van der Waals surface area contributed by atoms with Gasteiger partial charge in [-0.15, -0.1) is 0 Å². The first-order valence-corrected chi connectivity index (χ1v) is 9.11. The second kappa shape index (κ2) is 7.19. The second-order valence-electron chi connectivity index (χ2n) is 6.81. The quantitative estimate of drug-likeness (QED) is 0.788. The molecule has 128 valence electrons. The number of hydrogen-bond acceptors (Lipinski definition) is 4. The molecule has 0 unspecified atom stereocenters. The number of fused-ring (bicyclic) bond motifs is 1. The molecule has 1 aliphatic heterocycles. The smallest absolute Gasteiger partial charge is 0.225 e. The van der Waals surface area contributed by atoms with Crippen LogP contribution in [0.15, 0.2) is 54.7 Å². The molecule has 0 atom stereocenters. The van der Waals surface area contributed by atoms with E-state index < -0.39 is 0 Å². The predicted octanol–water partition coefficient (Wildman–Crippen LogP) is 3.86. The van der Waals surface area contributed by atoms with Crippen molar-refractivity contribution in [2.75, 3.05) is 24.5 Å². The minimum Gasteiger partial charge on any atom is -0.341 e. The van der Waals surface area contributed by atoms with Gasteiger partial charge in [0, 0.05) is 24.8 Å². The number of anilines is 1. The largest absolute Gasteiger partial charge is 0.341 e. The van der Waals surface area contributed by atoms with Crippen molar-refractivity contribution in [3.05, 3.63) is 54.7 Å². The summed E-state index contributed by atoms with van der Waals surface area (Å²) in [5, 5.41) is 2.49. The highest BCUT2D eigenvalue weighted by atomic mass is 15.2. The Bertz CT molecular complexity index is 853. The van der Waals surface area contributed by atoms with Gasteiger partial charge in [0.25, 0.3) is 0 Å². The fourth-order valence-corrected chi connectivity index (χ4v) is 3.67. The molecule has 0 saturated carbocycles. The van der Waals surface area contributed by atoms with Crippen LogP contribution in [0.3, 0.4) is 0 Å². The predicted molar refractivity (Wildman–Crippen MR) is 104 cm³/mol. The molecule has 0 spiro atoms. The van der Waals surface area contributed by atoms with Crippen molar-refractivity contribution >= 4 is 16.7 Å². The third kappa shape index (κ3) is 3.49. The topological polar surface area (TPSA) is 55.0 Å². The molecule has 1 fully saturated rings. The van der Waals surface area contributed by atoms with Crippen LogP contribution in [0.5, 0.6) is 0 Å². The lowest BCUT2D eigenvalue weighted by atomic mass is 9.94. The molecule has 2 aromatic carbocycles. The lowest BCUT2D eigenvalue weighted by Crippen LogP contribution is -2.35. The molecule has 4 heteroatoms. The van der Waals surface area contributed by atoms with E-state index in [4.69, 9.17) is 10.7 Å². The van der Waals surface area contributed by atoms with Gasteiger partial charge in [0.1, 0.15) is 0 Å². The highest BCUT2D eigenvalue weighted by Gasteiger charge is 2.20. The summed E-state index contributed by atoms with van der Waals surface area (Å²) in [6.45, 7) is 2.83. The van der Waals surface area contributed by atoms with E-state index in [2.05, 4.69) is 52.3 Å². The maximum absolute atomic E-state index is 5.69. The third-order valence-electron chi connectivity index (χ3n) is 5.16. The van der Waals surface area contributed by atoms with Crippen LogP contribution >= 0.6 is 0 Å². The molecule has 1 aromatic heterocycles. The van der Waals surface area contributed by atoms with Crippen LogP contribution in [-0.4, -0.2) is 29.6 Å². The van der Waals surface area contributed by atoms with Crippen molar-refractivity contribution in [3.8, 4) is 11.3 Å². The molecular weight excluding hydrogens is 308 g/mol. The molecule has 4 nitrogen and oxygen atoms in total. The average molecular weight is 332 g/mol. The van der Waals surface area contributed by atoms with Crippen LogP contribution in [0.1, 0.15) is 19.3 Å². The summed E-state index contributed by atoms with van der Waals surface area (Å²) in [4.78, 5) is 11.6. The van der Waals surface area contributed by atoms with E-state index in [1.807, 2.05) is 12.3 Å². The Morgan fingerprint density at radius 2 is 1.80 bits per heavy atom. The van der Waals surface area contributed by atoms with Gasteiger partial charge in [-0.3, -0.25) is 0 Å². The summed E-state index contributed by atoms with van der Waals surface area (Å²) in [6.07, 6.45) is 5.37. The fraction of sp³-hybridized carbons (Fsp3) is 0.333. The van der Waals surface area contributed by atoms with Crippen LogP contribution in [-0.2, 0) is 0 Å². The van der Waals surface area contributed by atoms with Crippen LogP contribution in [0, 0.1) is 5.92 Å². The molecule has 0 aliphatic carbocycles. The van der Waals surface area contributed by atoms with Gasteiger partial charge in [0.15, 0.2) is 0 Å². The zero-order valence-corrected chi connectivity index (χ0v) is 14.4. The zero-order chi connectivity index (χ0) is 17.1. The van der Waals surface area contributed by atoms with E-state index in [-0.39, 0.29) is 0 Å². The molecular formula is C21H24N4. The van der Waals surface area contributed by atoms with Gasteiger partial charge in [0.05, 0.1) is 5.69 Å². The van der Waals surface area contributed by atoms with Gasteiger partial charge in [-0.05, 0) is 54.6 Å². The van der Waals surface area contributed by atoms with E-state index in [1.54, 1.807) is 0 Å². The van der Waals surface area contributed by atoms with Gasteiger partial charge in [0.2, 0.25) is 5.95 Å². The van der Waals surface area contributed by atoms with Crippen LogP contribution in [0.2, 0.25) is 0 Å². The number of nitrogens with zero attached hydrogens (tertiary/aromatic N) is 3. The van der Waals surface area contributed by atoms with Gasteiger partial charge in [-0.2, -0.15) is 0 Å². The van der Waals surface area contributed by atoms with Crippen molar-refractivity contribution in [1.82, 2.24) is 9.97 Å². The molecule has 25 heavy (non-hydrogen) atoms. The fourth-order valence-electron chi connectivity index (χ4n) is 3.67. The Morgan fingerprint density at radius 1 is 1.00 bits per heavy atom. The lowest BCUT2D eigenvalue weighted by molar-refractivity contribution is 0.384. The average Bonchev–Trinajstić information content (AvgIpc) is 2.68. The maximum Gasteiger partial charge on any atom is 0.225 e. The molecule has 1 aliphatic rings. The second-order valence-corrected chi connectivity index (χ2v) is 6.81. The third-order valence-corrected chi connectivity index (χ3v) is 5.16. The number of aromatic nitrogens is 2. The summed E-state index contributed by atoms with van der Waals surface area (Å²) in [5.41, 5.74) is 7.82. The van der Waals surface area contributed by atoms with Crippen LogP contribution < -0.4 is 10.6 Å². The SMILES string of the molecule is NCCC1CCN(c2nccc(-c3ccc4ccccc4c3)n2)CC1. The van der Waals surface area contributed by atoms with E-state index in [1.165, 1.54) is 23.6 Å². The van der Waals surface area contributed by atoms with Crippen molar-refractivity contribution in [3.63, 3.8) is 0 Å². The Hall–Kier alpha value is -2.46. The first-order chi connectivity index (χ1) is 12.3. The lowest BCUT2D eigenvalue weighted by Gasteiger charge is -2.31. The van der Waals surface area contributed by atoms with Gasteiger partial charge >= 0.3 is 0 Å². The summed E-state index contributed by atoms with van der Waals surface area (Å²) >= 11 is 0. The molecule has 2 heterocycles. The van der Waals surface area contributed by atoms with Gasteiger partial charge < -0.3 is 10.6 Å². The Kier molecular flexibility index (Phi) is 4.61. The van der Waals surface area contributed by atoms with Crippen molar-refractivity contribution in [2.24, 2.45) is 11.7 Å². The number of benzene rings is 2. The Morgan fingerprint density at radius 3 is 2.60 bits per heavy atom. The molecule has 0 radical (unpaired) electrons. The minimum atomic E-state index is 0.755. The van der Waals surface area contributed by atoms with E-state index in [9.17, 15) is 0 Å². The van der Waals surface area contributed by atoms with Crippen molar-refractivity contribution < 1.29 is 0 Å². The zero-order valence-electron chi connectivity index (χ0n) is 14.4. The monoisotopic (exact) mass is 332 g/mol. The van der Waals surface area contributed by atoms with E-state index in [0.717, 1.165) is 49.2 Å². The maximum atomic E-state index is 5.69. The summed E-state index contributed by atoms with van der Waals surface area (Å²) in [6, 6.07) is 16.9. The van der Waals surface area contributed by atoms with Crippen molar-refractivity contribution in [2.45, 2.75) is 19.3 Å². The first kappa shape index (κ1) is 16.0. The highest BCUT2D eigenvalue weighted by molar-refractivity contribution is 5.86. The molecule has 0 amide bonds. The van der Waals surface area contributed by atoms with Gasteiger partial charge in [-0.1, -0.05) is 36.4 Å². The number of hydrogen-bond donors (Lipinski definition) is 1. The summed E-state index contributed by atoms with van der Waals surface area (Å²) < 4.78 is 0. The molecule has 2 N–H and O–H groups in total. The van der Waals surface area contributed by atoms with Crippen LogP contribution in [0.25, 0.3) is 22.0 Å². The standard InChI is InChI=1S/C21H24N4/c22-11-7-16-9-13-25(14-10-16)21-23-12-8-20(24-21)19-6-5-17-3-1-2-4-18(17)15-19/h1-6,8,12,15-16H,7,9-11,13-14,22H2. The van der Waals surface area contributed by atoms with E-state index in [0.29, 0.717) is 0 Å². The van der Waals surface area contributed by atoms with E-state index >= 15 is 0 Å². The summed E-state index contributed by atoms with van der Waals surface area (Å²) in [7, 11) is 0. The van der Waals surface area contributed by atoms with Gasteiger partial charge in [-0.25, -0.2) is 9.97 Å². The Labute approximate surface area is 148 Å². The van der Waals surface area contributed by atoms with Crippen LogP contribution in [0.4, 0.5) is 5.95 Å². The first-order valence-electron chi connectivity index (χ1n) is 9.11. The number of nitrogens with two attached hydrogens (primary N) is 1. The summed E-state index contributed by atoms with van der Waals surface area (Å²) in [5.74, 6) is 1.60. The molecule has 4 rings (SSSR count). The minimum absolute atomic E-state index is 0.755. The number of piperidine rings is 1. The molecule has 0 bridgehead atoms. The Balaban J connectivity index is 1.56. The molecule has 1 saturated heterocycles. The molecule has 3 aromatic rings. The van der Waals surface area contributed by atoms with Crippen molar-refractivity contribution in [1.29, 1.82) is 0 Å². The normalized spacial score (nSPS) is 15.6. The highest BCUT2D eigenvalue weighted by Crippen LogP contribution is 2.26. The number of rotatable bonds is 4.